The highest BCUT2D eigenvalue weighted by atomic mass is 19.4. The Kier molecular flexibility index (Phi) is 6.14. The molecule has 0 saturated heterocycles. The van der Waals surface area contributed by atoms with Gasteiger partial charge < -0.3 is 15.5 Å². The lowest BCUT2D eigenvalue weighted by Crippen LogP contribution is -2.59. The first-order valence-corrected chi connectivity index (χ1v) is 9.81. The van der Waals surface area contributed by atoms with E-state index in [1.807, 2.05) is 0 Å². The van der Waals surface area contributed by atoms with E-state index in [4.69, 9.17) is 5.73 Å². The molecule has 0 fully saturated rings. The van der Waals surface area contributed by atoms with Crippen molar-refractivity contribution in [1.29, 1.82) is 0 Å². The number of halogens is 6. The zero-order valence-corrected chi connectivity index (χ0v) is 17.9. The third-order valence-corrected chi connectivity index (χ3v) is 5.60. The van der Waals surface area contributed by atoms with Crippen molar-refractivity contribution in [2.45, 2.75) is 30.7 Å². The molecule has 3 rings (SSSR count). The van der Waals surface area contributed by atoms with Crippen molar-refractivity contribution < 1.29 is 40.7 Å². The van der Waals surface area contributed by atoms with E-state index < -0.39 is 48.1 Å². The summed E-state index contributed by atoms with van der Waals surface area (Å²) in [5.74, 6) is -10.6. The summed E-state index contributed by atoms with van der Waals surface area (Å²) in [7, 11) is 1.23. The van der Waals surface area contributed by atoms with Crippen molar-refractivity contribution in [1.82, 2.24) is 4.90 Å². The SMILES string of the molecule is CN1C(=O)[C@@H](N(CC(F)(F)C(F)(F)F)C(=O)[C@](C)(F)C(N)=O)c2ccccc2-c2ccccc21. The largest absolute Gasteiger partial charge is 0.455 e. The average molecular weight is 487 g/mol. The fraction of sp³-hybridized carbons (Fsp3) is 0.318. The first kappa shape index (κ1) is 25.1. The molecule has 0 bridgehead atoms. The summed E-state index contributed by atoms with van der Waals surface area (Å²) in [5.41, 5.74) is 2.02. The predicted octanol–water partition coefficient (Wildman–Crippen LogP) is 3.61. The third-order valence-electron chi connectivity index (χ3n) is 5.60. The van der Waals surface area contributed by atoms with Crippen LogP contribution in [0.5, 0.6) is 0 Å². The van der Waals surface area contributed by atoms with Crippen molar-refractivity contribution >= 4 is 23.4 Å². The summed E-state index contributed by atoms with van der Waals surface area (Å²) >= 11 is 0. The normalized spacial score (nSPS) is 17.8. The Hall–Kier alpha value is -3.57. The fourth-order valence-electron chi connectivity index (χ4n) is 3.67. The molecule has 2 aromatic rings. The Bertz CT molecular complexity index is 1150. The molecule has 3 amide bonds. The molecule has 0 saturated carbocycles. The quantitative estimate of drug-likeness (QED) is 0.517. The van der Waals surface area contributed by atoms with Crippen LogP contribution in [-0.4, -0.2) is 54.0 Å². The lowest BCUT2D eigenvalue weighted by molar-refractivity contribution is -0.286. The van der Waals surface area contributed by atoms with Gasteiger partial charge in [0.25, 0.3) is 23.4 Å². The number of anilines is 1. The van der Waals surface area contributed by atoms with Crippen LogP contribution in [0.1, 0.15) is 18.5 Å². The topological polar surface area (TPSA) is 83.7 Å². The van der Waals surface area contributed by atoms with Crippen molar-refractivity contribution in [2.75, 3.05) is 18.5 Å². The third kappa shape index (κ3) is 4.08. The van der Waals surface area contributed by atoms with Gasteiger partial charge in [-0.05, 0) is 24.1 Å². The number of benzene rings is 2. The van der Waals surface area contributed by atoms with Crippen LogP contribution < -0.4 is 10.6 Å². The van der Waals surface area contributed by atoms with Crippen LogP contribution in [0.3, 0.4) is 0 Å². The molecule has 34 heavy (non-hydrogen) atoms. The van der Waals surface area contributed by atoms with Gasteiger partial charge in [-0.3, -0.25) is 14.4 Å². The van der Waals surface area contributed by atoms with Gasteiger partial charge in [-0.2, -0.15) is 22.0 Å². The standard InChI is InChI=1S/C22H19F6N3O3/c1-20(23,18(29)33)19(34)31(11-21(24,25)22(26,27)28)16-14-9-4-3-7-12(14)13-8-5-6-10-15(13)30(2)17(16)32/h3-10,16H,11H2,1-2H3,(H2,29,33)/t16-,20+/m0/s1. The van der Waals surface area contributed by atoms with Crippen molar-refractivity contribution in [3.05, 3.63) is 54.1 Å². The molecule has 0 aromatic heterocycles. The van der Waals surface area contributed by atoms with Gasteiger partial charge in [0.2, 0.25) is 0 Å². The van der Waals surface area contributed by atoms with Gasteiger partial charge in [-0.15, -0.1) is 0 Å². The summed E-state index contributed by atoms with van der Waals surface area (Å²) in [6.45, 7) is -2.08. The molecule has 0 spiro atoms. The summed E-state index contributed by atoms with van der Waals surface area (Å²) < 4.78 is 82.5. The number of amides is 3. The van der Waals surface area contributed by atoms with E-state index >= 15 is 0 Å². The molecule has 182 valence electrons. The van der Waals surface area contributed by atoms with Crippen LogP contribution in [0.25, 0.3) is 11.1 Å². The first-order chi connectivity index (χ1) is 15.6. The number of hydrogen-bond donors (Lipinski definition) is 1. The number of rotatable bonds is 5. The fourth-order valence-corrected chi connectivity index (χ4v) is 3.67. The minimum atomic E-state index is -6.13. The maximum absolute atomic E-state index is 14.9. The number of nitrogens with zero attached hydrogens (tertiary/aromatic N) is 2. The van der Waals surface area contributed by atoms with E-state index in [0.717, 1.165) is 4.90 Å². The van der Waals surface area contributed by atoms with E-state index in [1.54, 1.807) is 18.2 Å². The van der Waals surface area contributed by atoms with E-state index in [9.17, 15) is 40.7 Å². The summed E-state index contributed by atoms with van der Waals surface area (Å²) in [4.78, 5) is 38.6. The number of nitrogens with two attached hydrogens (primary N) is 1. The molecule has 0 unspecified atom stereocenters. The van der Waals surface area contributed by atoms with Crippen molar-refractivity contribution in [3.8, 4) is 11.1 Å². The molecule has 0 aliphatic carbocycles. The van der Waals surface area contributed by atoms with E-state index in [1.165, 1.54) is 37.4 Å². The zero-order valence-electron chi connectivity index (χ0n) is 17.9. The second-order valence-electron chi connectivity index (χ2n) is 7.91. The van der Waals surface area contributed by atoms with E-state index in [2.05, 4.69) is 0 Å². The highest BCUT2D eigenvalue weighted by molar-refractivity contribution is 6.11. The Morgan fingerprint density at radius 2 is 1.50 bits per heavy atom. The number of para-hydroxylation sites is 1. The minimum Gasteiger partial charge on any atom is -0.366 e. The maximum Gasteiger partial charge on any atom is 0.455 e. The van der Waals surface area contributed by atoms with Gasteiger partial charge in [-0.1, -0.05) is 42.5 Å². The summed E-state index contributed by atoms with van der Waals surface area (Å²) in [6.07, 6.45) is -6.13. The molecular weight excluding hydrogens is 468 g/mol. The molecule has 2 atom stereocenters. The highest BCUT2D eigenvalue weighted by Gasteiger charge is 2.61. The molecule has 0 radical (unpaired) electrons. The number of carbonyl (C=O) groups excluding carboxylic acids is 3. The smallest absolute Gasteiger partial charge is 0.366 e. The van der Waals surface area contributed by atoms with Gasteiger partial charge in [0.05, 0.1) is 12.2 Å². The molecule has 1 aliphatic rings. The monoisotopic (exact) mass is 487 g/mol. The zero-order chi connectivity index (χ0) is 25.6. The number of carbonyl (C=O) groups is 3. The van der Waals surface area contributed by atoms with E-state index in [0.29, 0.717) is 12.5 Å². The number of primary amides is 1. The lowest BCUT2D eigenvalue weighted by atomic mass is 9.93. The Balaban J connectivity index is 2.29. The van der Waals surface area contributed by atoms with Crippen LogP contribution in [0.15, 0.2) is 48.5 Å². The Morgan fingerprint density at radius 3 is 2.06 bits per heavy atom. The van der Waals surface area contributed by atoms with Gasteiger partial charge in [0.15, 0.2) is 0 Å². The second kappa shape index (κ2) is 8.33. The Morgan fingerprint density at radius 1 is 0.971 bits per heavy atom. The summed E-state index contributed by atoms with van der Waals surface area (Å²) in [5, 5.41) is 0. The van der Waals surface area contributed by atoms with Crippen LogP contribution in [0.2, 0.25) is 0 Å². The predicted molar refractivity (Wildman–Crippen MR) is 109 cm³/mol. The number of likely N-dealkylation sites (N-methyl/N-ethyl adjacent to an activating group) is 1. The molecular formula is C22H19F6N3O3. The number of fused-ring (bicyclic) bond motifs is 3. The molecule has 2 aromatic carbocycles. The van der Waals surface area contributed by atoms with Gasteiger partial charge in [0.1, 0.15) is 6.04 Å². The van der Waals surface area contributed by atoms with Crippen LogP contribution in [0.4, 0.5) is 32.0 Å². The van der Waals surface area contributed by atoms with Gasteiger partial charge in [-0.25, -0.2) is 4.39 Å². The summed E-state index contributed by atoms with van der Waals surface area (Å²) in [6, 6.07) is 9.77. The van der Waals surface area contributed by atoms with Crippen LogP contribution >= 0.6 is 0 Å². The van der Waals surface area contributed by atoms with E-state index in [-0.39, 0.29) is 21.7 Å². The van der Waals surface area contributed by atoms with Gasteiger partial charge >= 0.3 is 12.1 Å². The van der Waals surface area contributed by atoms with Crippen LogP contribution in [-0.2, 0) is 14.4 Å². The molecule has 6 nitrogen and oxygen atoms in total. The first-order valence-electron chi connectivity index (χ1n) is 9.81. The molecule has 12 heteroatoms. The average Bonchev–Trinajstić information content (AvgIpc) is 2.85. The number of alkyl halides is 6. The molecule has 2 N–H and O–H groups in total. The second-order valence-corrected chi connectivity index (χ2v) is 7.91. The maximum atomic E-state index is 14.9. The van der Waals surface area contributed by atoms with Gasteiger partial charge in [0, 0.05) is 12.6 Å². The highest BCUT2D eigenvalue weighted by Crippen LogP contribution is 2.44. The van der Waals surface area contributed by atoms with Crippen LogP contribution in [0, 0.1) is 0 Å². The molecule has 1 heterocycles. The van der Waals surface area contributed by atoms with Crippen molar-refractivity contribution in [2.24, 2.45) is 5.73 Å². The minimum absolute atomic E-state index is 0.129. The lowest BCUT2D eigenvalue weighted by Gasteiger charge is -2.37. The Labute approximate surface area is 189 Å². The molecule has 1 aliphatic heterocycles. The van der Waals surface area contributed by atoms with Crippen molar-refractivity contribution in [3.63, 3.8) is 0 Å². The number of hydrogen-bond acceptors (Lipinski definition) is 3.